The van der Waals surface area contributed by atoms with Crippen molar-refractivity contribution in [2.24, 2.45) is 0 Å². The lowest BCUT2D eigenvalue weighted by atomic mass is 10.2. The lowest BCUT2D eigenvalue weighted by Gasteiger charge is -2.14. The molecular formula is C22H21ClN6O5. The highest BCUT2D eigenvalue weighted by Crippen LogP contribution is 2.39. The molecule has 0 aliphatic carbocycles. The van der Waals surface area contributed by atoms with Crippen LogP contribution in [0.5, 0.6) is 17.2 Å². The monoisotopic (exact) mass is 484 g/mol. The molecule has 2 heterocycles. The van der Waals surface area contributed by atoms with Crippen molar-refractivity contribution in [1.29, 1.82) is 0 Å². The van der Waals surface area contributed by atoms with Gasteiger partial charge in [0.2, 0.25) is 11.7 Å². The lowest BCUT2D eigenvalue weighted by Crippen LogP contribution is -2.28. The van der Waals surface area contributed by atoms with Crippen molar-refractivity contribution >= 4 is 34.4 Å². The van der Waals surface area contributed by atoms with Crippen LogP contribution in [0.25, 0.3) is 11.2 Å². The number of rotatable bonds is 8. The van der Waals surface area contributed by atoms with Gasteiger partial charge in [-0.1, -0.05) is 28.9 Å². The van der Waals surface area contributed by atoms with Gasteiger partial charge in [0.25, 0.3) is 5.56 Å². The molecule has 0 atom stereocenters. The Kier molecular flexibility index (Phi) is 6.64. The molecule has 0 unspecified atom stereocenters. The molecule has 4 rings (SSSR count). The van der Waals surface area contributed by atoms with E-state index in [1.54, 1.807) is 24.3 Å². The van der Waals surface area contributed by atoms with E-state index in [1.165, 1.54) is 32.3 Å². The summed E-state index contributed by atoms with van der Waals surface area (Å²) in [4.78, 5) is 29.8. The van der Waals surface area contributed by atoms with Crippen LogP contribution in [0.4, 0.5) is 5.69 Å². The molecule has 2 aromatic carbocycles. The molecule has 0 bridgehead atoms. The van der Waals surface area contributed by atoms with E-state index in [4.69, 9.17) is 25.8 Å². The predicted molar refractivity (Wildman–Crippen MR) is 125 cm³/mol. The highest BCUT2D eigenvalue weighted by Gasteiger charge is 2.17. The first-order chi connectivity index (χ1) is 16.4. The molecule has 4 aromatic rings. The average molecular weight is 485 g/mol. The second-order valence-corrected chi connectivity index (χ2v) is 7.62. The molecule has 0 aliphatic rings. The van der Waals surface area contributed by atoms with Gasteiger partial charge in [0.05, 0.1) is 27.9 Å². The molecule has 0 aliphatic heterocycles. The Morgan fingerprint density at radius 2 is 1.74 bits per heavy atom. The summed E-state index contributed by atoms with van der Waals surface area (Å²) in [5.74, 6) is 0.714. The number of carbonyl (C=O) groups is 1. The van der Waals surface area contributed by atoms with Crippen molar-refractivity contribution in [1.82, 2.24) is 24.5 Å². The maximum absolute atomic E-state index is 12.9. The Morgan fingerprint density at radius 1 is 1.06 bits per heavy atom. The van der Waals surface area contributed by atoms with E-state index in [-0.39, 0.29) is 12.1 Å². The molecule has 2 aromatic heterocycles. The van der Waals surface area contributed by atoms with E-state index in [2.05, 4.69) is 20.6 Å². The Bertz CT molecular complexity index is 1370. The molecule has 1 N–H and O–H groups in total. The molecule has 0 saturated heterocycles. The van der Waals surface area contributed by atoms with Gasteiger partial charge in [-0.3, -0.25) is 14.2 Å². The smallest absolute Gasteiger partial charge is 0.283 e. The normalized spacial score (nSPS) is 10.8. The fourth-order valence-electron chi connectivity index (χ4n) is 3.38. The van der Waals surface area contributed by atoms with Crippen LogP contribution in [0.15, 0.2) is 47.5 Å². The lowest BCUT2D eigenvalue weighted by molar-refractivity contribution is -0.116. The summed E-state index contributed by atoms with van der Waals surface area (Å²) >= 11 is 5.92. The standard InChI is InChI=1S/C22H21ClN6O5/c1-32-16-8-15(9-17(33-2)20(16)34-3)25-18(30)11-28-12-24-21-19(22(28)31)26-27-29(21)10-13-4-6-14(23)7-5-13/h4-9,12H,10-11H2,1-3H3,(H,25,30). The van der Waals surface area contributed by atoms with Crippen molar-refractivity contribution in [3.05, 3.63) is 63.7 Å². The Morgan fingerprint density at radius 3 is 2.35 bits per heavy atom. The van der Waals surface area contributed by atoms with E-state index in [0.29, 0.717) is 40.2 Å². The molecule has 34 heavy (non-hydrogen) atoms. The van der Waals surface area contributed by atoms with Crippen LogP contribution in [0.2, 0.25) is 5.02 Å². The molecule has 0 radical (unpaired) electrons. The van der Waals surface area contributed by atoms with Gasteiger partial charge in [0, 0.05) is 22.8 Å². The number of benzene rings is 2. The largest absolute Gasteiger partial charge is 0.493 e. The Balaban J connectivity index is 1.53. The van der Waals surface area contributed by atoms with E-state index in [0.717, 1.165) is 10.1 Å². The van der Waals surface area contributed by atoms with E-state index in [9.17, 15) is 9.59 Å². The number of fused-ring (bicyclic) bond motifs is 1. The van der Waals surface area contributed by atoms with Gasteiger partial charge in [-0.2, -0.15) is 0 Å². The molecule has 0 saturated carbocycles. The van der Waals surface area contributed by atoms with Gasteiger partial charge < -0.3 is 19.5 Å². The number of hydrogen-bond acceptors (Lipinski definition) is 8. The summed E-state index contributed by atoms with van der Waals surface area (Å²) in [5.41, 5.74) is 1.24. The van der Waals surface area contributed by atoms with Crippen LogP contribution in [0.3, 0.4) is 0 Å². The zero-order chi connectivity index (χ0) is 24.2. The Hall–Kier alpha value is -4.12. The first-order valence-electron chi connectivity index (χ1n) is 10.1. The van der Waals surface area contributed by atoms with Crippen LogP contribution in [-0.4, -0.2) is 51.8 Å². The van der Waals surface area contributed by atoms with Gasteiger partial charge in [-0.05, 0) is 17.7 Å². The molecule has 0 fully saturated rings. The number of halogens is 1. The summed E-state index contributed by atoms with van der Waals surface area (Å²) in [7, 11) is 4.44. The van der Waals surface area contributed by atoms with Crippen molar-refractivity contribution in [2.75, 3.05) is 26.6 Å². The maximum Gasteiger partial charge on any atom is 0.283 e. The minimum Gasteiger partial charge on any atom is -0.493 e. The van der Waals surface area contributed by atoms with Crippen molar-refractivity contribution in [3.8, 4) is 17.2 Å². The zero-order valence-corrected chi connectivity index (χ0v) is 19.4. The van der Waals surface area contributed by atoms with Gasteiger partial charge in [-0.15, -0.1) is 5.10 Å². The second kappa shape index (κ2) is 9.79. The second-order valence-electron chi connectivity index (χ2n) is 7.19. The minimum absolute atomic E-state index is 0.0667. The average Bonchev–Trinajstić information content (AvgIpc) is 3.24. The van der Waals surface area contributed by atoms with Crippen LogP contribution in [0, 0.1) is 0 Å². The zero-order valence-electron chi connectivity index (χ0n) is 18.6. The first-order valence-corrected chi connectivity index (χ1v) is 10.4. The summed E-state index contributed by atoms with van der Waals surface area (Å²) in [5, 5.41) is 11.3. The summed E-state index contributed by atoms with van der Waals surface area (Å²) in [6.07, 6.45) is 1.29. The van der Waals surface area contributed by atoms with E-state index >= 15 is 0 Å². The van der Waals surface area contributed by atoms with Gasteiger partial charge >= 0.3 is 0 Å². The third kappa shape index (κ3) is 4.64. The fourth-order valence-corrected chi connectivity index (χ4v) is 3.50. The highest BCUT2D eigenvalue weighted by atomic mass is 35.5. The first kappa shape index (κ1) is 23.1. The number of nitrogens with zero attached hydrogens (tertiary/aromatic N) is 5. The molecule has 11 nitrogen and oxygen atoms in total. The SMILES string of the molecule is COc1cc(NC(=O)Cn2cnc3c(nnn3Cc3ccc(Cl)cc3)c2=O)cc(OC)c1OC. The number of nitrogens with one attached hydrogen (secondary N) is 1. The van der Waals surface area contributed by atoms with Gasteiger partial charge in [-0.25, -0.2) is 9.67 Å². The highest BCUT2D eigenvalue weighted by molar-refractivity contribution is 6.30. The quantitative estimate of drug-likeness (QED) is 0.404. The predicted octanol–water partition coefficient (Wildman–Crippen LogP) is 2.35. The molecular weight excluding hydrogens is 464 g/mol. The number of aromatic nitrogens is 5. The third-order valence-electron chi connectivity index (χ3n) is 5.00. The van der Waals surface area contributed by atoms with Crippen LogP contribution in [-0.2, 0) is 17.9 Å². The van der Waals surface area contributed by atoms with E-state index in [1.807, 2.05) is 12.1 Å². The minimum atomic E-state index is -0.479. The van der Waals surface area contributed by atoms with Gasteiger partial charge in [0.15, 0.2) is 22.7 Å². The molecule has 176 valence electrons. The van der Waals surface area contributed by atoms with Crippen LogP contribution >= 0.6 is 11.6 Å². The van der Waals surface area contributed by atoms with Crippen molar-refractivity contribution in [3.63, 3.8) is 0 Å². The summed E-state index contributed by atoms with van der Waals surface area (Å²) in [6.45, 7) is 0.0915. The number of anilines is 1. The number of ether oxygens (including phenoxy) is 3. The summed E-state index contributed by atoms with van der Waals surface area (Å²) < 4.78 is 18.5. The van der Waals surface area contributed by atoms with Gasteiger partial charge in [0.1, 0.15) is 12.9 Å². The fraction of sp³-hybridized carbons (Fsp3) is 0.227. The molecule has 0 spiro atoms. The topological polar surface area (TPSA) is 122 Å². The van der Waals surface area contributed by atoms with Crippen molar-refractivity contribution < 1.29 is 19.0 Å². The molecule has 1 amide bonds. The number of carbonyl (C=O) groups excluding carboxylic acids is 1. The van der Waals surface area contributed by atoms with Crippen molar-refractivity contribution in [2.45, 2.75) is 13.1 Å². The number of amides is 1. The Labute approximate surface area is 198 Å². The molecule has 12 heteroatoms. The number of methoxy groups -OCH3 is 3. The number of hydrogen-bond donors (Lipinski definition) is 1. The van der Waals surface area contributed by atoms with Crippen LogP contribution in [0.1, 0.15) is 5.56 Å². The third-order valence-corrected chi connectivity index (χ3v) is 5.25. The maximum atomic E-state index is 12.9. The van der Waals surface area contributed by atoms with Crippen LogP contribution < -0.4 is 25.1 Å². The summed E-state index contributed by atoms with van der Waals surface area (Å²) in [6, 6.07) is 10.4. The van der Waals surface area contributed by atoms with E-state index < -0.39 is 11.5 Å².